The van der Waals surface area contributed by atoms with Gasteiger partial charge in [0.1, 0.15) is 24.0 Å². The Morgan fingerprint density at radius 1 is 0.841 bits per heavy atom. The maximum absolute atomic E-state index is 15.0. The van der Waals surface area contributed by atoms with E-state index in [1.54, 1.807) is 21.1 Å². The third-order valence-corrected chi connectivity index (χ3v) is 26.1. The van der Waals surface area contributed by atoms with Crippen LogP contribution in [-0.2, 0) is 47.0 Å². The predicted octanol–water partition coefficient (Wildman–Crippen LogP) is 9.88. The zero-order valence-electron chi connectivity index (χ0n) is 46.1. The Hall–Kier alpha value is -2.09. The fourth-order valence-corrected chi connectivity index (χ4v) is 13.3. The molecule has 2 saturated heterocycles. The van der Waals surface area contributed by atoms with Crippen LogP contribution in [0.2, 0.25) is 36.3 Å². The SMILES string of the molecule is CCC1/C=C(\C)CC(C)CC(OC)C2OC(O)(C(=O)C(=O)N3CCCCC3C(=O)OC(C(C)=CC3CCC(O)C(O[Si](C)(C)C(C)(C)C)C3)C(C)C(O[Si](C)(C)C(C)(C)C)CC1=O)C(C)CC2OC. The van der Waals surface area contributed by atoms with Gasteiger partial charge in [0.25, 0.3) is 11.7 Å². The third-order valence-electron chi connectivity index (χ3n) is 17.1. The number of allylic oxidation sites excluding steroid dienone is 3. The number of Topliss-reactive ketones (excluding diaryl/α,β-unsaturated/α-hetero) is 2. The molecule has 3 heterocycles. The zero-order chi connectivity index (χ0) is 52.2. The van der Waals surface area contributed by atoms with Crippen molar-refractivity contribution >= 4 is 40.1 Å². The van der Waals surface area contributed by atoms with Gasteiger partial charge in [-0.1, -0.05) is 87.0 Å². The molecule has 3 fully saturated rings. The minimum Gasteiger partial charge on any atom is -0.456 e. The molecule has 0 aromatic heterocycles. The van der Waals surface area contributed by atoms with Gasteiger partial charge in [-0.25, -0.2) is 4.79 Å². The summed E-state index contributed by atoms with van der Waals surface area (Å²) < 4.78 is 39.1. The lowest BCUT2D eigenvalue weighted by molar-refractivity contribution is -0.302. The van der Waals surface area contributed by atoms with E-state index >= 15 is 0 Å². The Balaban J connectivity index is 1.89. The zero-order valence-corrected chi connectivity index (χ0v) is 48.1. The molecule has 13 nitrogen and oxygen atoms in total. The number of fused-ring (bicyclic) bond motifs is 3. The predicted molar refractivity (Wildman–Crippen MR) is 275 cm³/mol. The third kappa shape index (κ3) is 14.4. The first kappa shape index (κ1) is 59.5. The van der Waals surface area contributed by atoms with Crippen molar-refractivity contribution in [3.63, 3.8) is 0 Å². The molecule has 0 spiro atoms. The number of nitrogens with zero attached hydrogens (tertiary/aromatic N) is 1. The highest BCUT2D eigenvalue weighted by Gasteiger charge is 2.57. The Labute approximate surface area is 418 Å². The van der Waals surface area contributed by atoms with Crippen LogP contribution in [0.5, 0.6) is 0 Å². The lowest BCUT2D eigenvalue weighted by atomic mass is 9.81. The second-order valence-electron chi connectivity index (χ2n) is 24.6. The van der Waals surface area contributed by atoms with Crippen LogP contribution < -0.4 is 0 Å². The number of rotatable bonds is 9. The van der Waals surface area contributed by atoms with E-state index in [-0.39, 0.29) is 65.5 Å². The number of ether oxygens (including phenoxy) is 4. The van der Waals surface area contributed by atoms with Gasteiger partial charge in [-0.2, -0.15) is 0 Å². The second-order valence-corrected chi connectivity index (χ2v) is 34.2. The number of hydrogen-bond acceptors (Lipinski definition) is 12. The second kappa shape index (κ2) is 23.9. The van der Waals surface area contributed by atoms with Crippen molar-refractivity contribution in [1.29, 1.82) is 0 Å². The van der Waals surface area contributed by atoms with Crippen molar-refractivity contribution in [3.8, 4) is 0 Å². The van der Waals surface area contributed by atoms with Crippen LogP contribution in [0.25, 0.3) is 0 Å². The highest BCUT2D eigenvalue weighted by molar-refractivity contribution is 6.74. The summed E-state index contributed by atoms with van der Waals surface area (Å²) in [6, 6.07) is -1.12. The first-order valence-corrected chi connectivity index (χ1v) is 32.1. The summed E-state index contributed by atoms with van der Waals surface area (Å²) >= 11 is 0. The summed E-state index contributed by atoms with van der Waals surface area (Å²) in [6.07, 6.45) is 5.11. The first-order valence-electron chi connectivity index (χ1n) is 26.3. The Kier molecular flexibility index (Phi) is 20.6. The van der Waals surface area contributed by atoms with Crippen molar-refractivity contribution in [3.05, 3.63) is 23.3 Å². The van der Waals surface area contributed by atoms with Gasteiger partial charge in [-0.15, -0.1) is 0 Å². The molecule has 0 aromatic rings. The van der Waals surface area contributed by atoms with E-state index in [4.69, 9.17) is 27.8 Å². The van der Waals surface area contributed by atoms with Crippen molar-refractivity contribution in [2.75, 3.05) is 20.8 Å². The number of esters is 1. The standard InChI is InChI=1S/C54H95NO12Si2/c1-19-39-27-33(2)26-34(3)28-45(62-13)48-46(63-14)30-36(5)54(61,65-48)49(58)50(59)55-25-21-20-22-40(55)51(60)64-47(37(6)43(32-42(39)57)66-68(15,16)52(7,8)9)35(4)29-38-23-24-41(56)44(31-38)67-69(17,18)53(10,11)12/h27,29,34,36-41,43-48,56,61H,19-26,28,30-32H2,1-18H3/b33-27+,35-29?. The Morgan fingerprint density at radius 2 is 1.42 bits per heavy atom. The normalized spacial score (nSPS) is 37.0. The summed E-state index contributed by atoms with van der Waals surface area (Å²) in [5.41, 5.74) is 1.83. The van der Waals surface area contributed by atoms with Gasteiger partial charge in [0, 0.05) is 44.9 Å². The van der Waals surface area contributed by atoms with Crippen LogP contribution in [0.1, 0.15) is 154 Å². The summed E-state index contributed by atoms with van der Waals surface area (Å²) in [6.45, 7) is 33.7. The molecule has 69 heavy (non-hydrogen) atoms. The van der Waals surface area contributed by atoms with Crippen LogP contribution in [0.15, 0.2) is 23.3 Å². The van der Waals surface area contributed by atoms with Gasteiger partial charge < -0.3 is 42.9 Å². The van der Waals surface area contributed by atoms with E-state index in [1.807, 2.05) is 27.7 Å². The Morgan fingerprint density at radius 3 is 1.99 bits per heavy atom. The molecule has 2 bridgehead atoms. The average molecular weight is 1010 g/mol. The van der Waals surface area contributed by atoms with E-state index in [1.165, 1.54) is 4.90 Å². The molecule has 14 unspecified atom stereocenters. The average Bonchev–Trinajstić information content (AvgIpc) is 3.26. The first-order chi connectivity index (χ1) is 31.8. The van der Waals surface area contributed by atoms with Crippen LogP contribution in [0.4, 0.5) is 0 Å². The maximum atomic E-state index is 15.0. The number of hydrogen-bond donors (Lipinski definition) is 2. The van der Waals surface area contributed by atoms with E-state index in [0.717, 1.165) is 11.1 Å². The Bertz CT molecular complexity index is 1840. The fraction of sp³-hybridized carbons (Fsp3) is 0.852. The smallest absolute Gasteiger partial charge is 0.329 e. The van der Waals surface area contributed by atoms with Crippen LogP contribution in [0.3, 0.4) is 0 Å². The van der Waals surface area contributed by atoms with Crippen LogP contribution in [0, 0.1) is 29.6 Å². The maximum Gasteiger partial charge on any atom is 0.329 e. The minimum atomic E-state index is -2.55. The highest BCUT2D eigenvalue weighted by Crippen LogP contribution is 2.43. The summed E-state index contributed by atoms with van der Waals surface area (Å²) in [4.78, 5) is 60.2. The van der Waals surface area contributed by atoms with Crippen molar-refractivity contribution in [1.82, 2.24) is 4.90 Å². The topological polar surface area (TPSA) is 167 Å². The van der Waals surface area contributed by atoms with E-state index < -0.39 is 94.6 Å². The molecule has 3 aliphatic heterocycles. The van der Waals surface area contributed by atoms with Gasteiger partial charge in [-0.05, 0) is 132 Å². The molecule has 0 radical (unpaired) electrons. The summed E-state index contributed by atoms with van der Waals surface area (Å²) in [5, 5.41) is 23.3. The molecule has 396 valence electrons. The molecule has 1 aliphatic carbocycles. The summed E-state index contributed by atoms with van der Waals surface area (Å²) in [5.74, 6) is -6.93. The fourth-order valence-electron chi connectivity index (χ4n) is 10.5. The molecule has 2 N–H and O–H groups in total. The van der Waals surface area contributed by atoms with Gasteiger partial charge >= 0.3 is 5.97 Å². The number of carbonyl (C=O) groups excluding carboxylic acids is 4. The van der Waals surface area contributed by atoms with Crippen LogP contribution >= 0.6 is 0 Å². The van der Waals surface area contributed by atoms with E-state index in [2.05, 4.69) is 86.8 Å². The minimum absolute atomic E-state index is 0.00317. The number of cyclic esters (lactones) is 1. The van der Waals surface area contributed by atoms with Crippen molar-refractivity contribution < 1.29 is 57.2 Å². The van der Waals surface area contributed by atoms with Crippen LogP contribution in [-0.4, -0.2) is 131 Å². The molecule has 14 atom stereocenters. The van der Waals surface area contributed by atoms with Gasteiger partial charge in [-0.3, -0.25) is 14.4 Å². The van der Waals surface area contributed by atoms with Gasteiger partial charge in [0.05, 0.1) is 30.5 Å². The van der Waals surface area contributed by atoms with Gasteiger partial charge in [0.2, 0.25) is 5.79 Å². The monoisotopic (exact) mass is 1010 g/mol. The number of piperidine rings is 1. The molecule has 15 heteroatoms. The molecule has 0 aromatic carbocycles. The largest absolute Gasteiger partial charge is 0.456 e. The lowest BCUT2D eigenvalue weighted by Gasteiger charge is -2.47. The number of aliphatic hydroxyl groups is 2. The molecule has 4 rings (SSSR count). The van der Waals surface area contributed by atoms with Gasteiger partial charge in [0.15, 0.2) is 16.6 Å². The molecular weight excluding hydrogens is 911 g/mol. The number of methoxy groups -OCH3 is 2. The van der Waals surface area contributed by atoms with Crippen molar-refractivity contribution in [2.24, 2.45) is 29.6 Å². The van der Waals surface area contributed by atoms with E-state index in [0.29, 0.717) is 51.4 Å². The molecular formula is C54H95NO12Si2. The lowest BCUT2D eigenvalue weighted by Crippen LogP contribution is -2.64. The summed E-state index contributed by atoms with van der Waals surface area (Å²) in [7, 11) is -1.66. The molecule has 1 amide bonds. The molecule has 1 saturated carbocycles. The highest BCUT2D eigenvalue weighted by atomic mass is 28.4. The van der Waals surface area contributed by atoms with E-state index in [9.17, 15) is 29.4 Å². The van der Waals surface area contributed by atoms with Crippen molar-refractivity contribution in [2.45, 2.75) is 245 Å². The quantitative estimate of drug-likeness (QED) is 0.0973. The number of amides is 1. The number of carbonyl (C=O) groups is 4. The number of ketones is 2. The molecule has 4 aliphatic rings. The number of aliphatic hydroxyl groups excluding tert-OH is 1.